The van der Waals surface area contributed by atoms with Gasteiger partial charge in [0.1, 0.15) is 12.6 Å². The average Bonchev–Trinajstić information content (AvgIpc) is 2.37. The Morgan fingerprint density at radius 3 is 2.83 bits per heavy atom. The number of rotatable bonds is 4. The number of aliphatic carboxylic acids is 1. The molecule has 0 fully saturated rings. The molecule has 0 bridgehead atoms. The number of carboxylic acids is 1. The van der Waals surface area contributed by atoms with Crippen molar-refractivity contribution < 1.29 is 14.6 Å². The first-order chi connectivity index (χ1) is 8.65. The van der Waals surface area contributed by atoms with E-state index in [-0.39, 0.29) is 6.42 Å². The van der Waals surface area contributed by atoms with Gasteiger partial charge in [0.05, 0.1) is 17.6 Å². The van der Waals surface area contributed by atoms with Crippen LogP contribution in [0.25, 0.3) is 11.3 Å². The summed E-state index contributed by atoms with van der Waals surface area (Å²) in [5, 5.41) is 12.7. The Kier molecular flexibility index (Phi) is 3.57. The van der Waals surface area contributed by atoms with E-state index >= 15 is 0 Å². The Morgan fingerprint density at radius 1 is 1.39 bits per heavy atom. The quantitative estimate of drug-likeness (QED) is 0.798. The van der Waals surface area contributed by atoms with Crippen LogP contribution in [0.2, 0.25) is 0 Å². The molecule has 0 aliphatic heterocycles. The number of hydrogen-bond acceptors (Lipinski definition) is 4. The molecule has 0 spiro atoms. The lowest BCUT2D eigenvalue weighted by Crippen LogP contribution is -2.38. The van der Waals surface area contributed by atoms with Crippen LogP contribution in [0.3, 0.4) is 0 Å². The van der Waals surface area contributed by atoms with E-state index in [1.807, 2.05) is 13.0 Å². The largest absolute Gasteiger partial charge is 0.481 e. The van der Waals surface area contributed by atoms with Gasteiger partial charge in [0.25, 0.3) is 0 Å². The molecular weight excluding hydrogens is 232 g/mol. The fourth-order valence-electron chi connectivity index (χ4n) is 1.48. The van der Waals surface area contributed by atoms with E-state index in [0.29, 0.717) is 6.54 Å². The first-order valence-electron chi connectivity index (χ1n) is 5.52. The highest BCUT2D eigenvalue weighted by atomic mass is 16.4. The van der Waals surface area contributed by atoms with E-state index < -0.39 is 5.97 Å². The van der Waals surface area contributed by atoms with Crippen LogP contribution < -0.4 is 4.68 Å². The third-order valence-corrected chi connectivity index (χ3v) is 2.38. The lowest BCUT2D eigenvalue weighted by Gasteiger charge is -1.99. The van der Waals surface area contributed by atoms with Crippen molar-refractivity contribution >= 4 is 5.97 Å². The van der Waals surface area contributed by atoms with E-state index in [0.717, 1.165) is 17.0 Å². The molecule has 0 saturated heterocycles. The van der Waals surface area contributed by atoms with Crippen LogP contribution in [0.15, 0.2) is 30.9 Å². The van der Waals surface area contributed by atoms with Gasteiger partial charge in [-0.3, -0.25) is 9.78 Å². The first kappa shape index (κ1) is 12.1. The van der Waals surface area contributed by atoms with Gasteiger partial charge in [-0.25, -0.2) is 4.98 Å². The molecule has 0 aromatic carbocycles. The Bertz CT molecular complexity index is 554. The highest BCUT2D eigenvalue weighted by molar-refractivity contribution is 5.66. The van der Waals surface area contributed by atoms with E-state index in [1.54, 1.807) is 29.5 Å². The van der Waals surface area contributed by atoms with Crippen molar-refractivity contribution in [3.8, 4) is 11.3 Å². The van der Waals surface area contributed by atoms with Crippen LogP contribution in [0, 0.1) is 6.92 Å². The van der Waals surface area contributed by atoms with E-state index in [4.69, 9.17) is 5.11 Å². The molecule has 6 nitrogen and oxygen atoms in total. The predicted octanol–water partition coefficient (Wildman–Crippen LogP) is 0.609. The van der Waals surface area contributed by atoms with Crippen molar-refractivity contribution in [3.05, 3.63) is 36.5 Å². The summed E-state index contributed by atoms with van der Waals surface area (Å²) in [6.07, 6.45) is 6.81. The molecular formula is C12H13N4O2+. The molecule has 0 atom stereocenters. The van der Waals surface area contributed by atoms with Crippen LogP contribution >= 0.6 is 0 Å². The van der Waals surface area contributed by atoms with Crippen LogP contribution in [-0.2, 0) is 11.3 Å². The molecule has 92 valence electrons. The summed E-state index contributed by atoms with van der Waals surface area (Å²) < 4.78 is 1.58. The van der Waals surface area contributed by atoms with Crippen LogP contribution in [0.4, 0.5) is 0 Å². The molecule has 0 aliphatic rings. The molecule has 2 aromatic heterocycles. The summed E-state index contributed by atoms with van der Waals surface area (Å²) in [6, 6.07) is 1.85. The Labute approximate surface area is 104 Å². The average molecular weight is 245 g/mol. The van der Waals surface area contributed by atoms with E-state index in [2.05, 4.69) is 15.1 Å². The SMILES string of the molecule is Cc1cncc(-c2cc[n+](CCC(=O)O)nc2)n1. The van der Waals surface area contributed by atoms with Crippen LogP contribution in [-0.4, -0.2) is 26.1 Å². The van der Waals surface area contributed by atoms with E-state index in [9.17, 15) is 4.79 Å². The van der Waals surface area contributed by atoms with Gasteiger partial charge in [-0.2, -0.15) is 0 Å². The van der Waals surface area contributed by atoms with Gasteiger partial charge < -0.3 is 5.11 Å². The summed E-state index contributed by atoms with van der Waals surface area (Å²) >= 11 is 0. The fraction of sp³-hybridized carbons (Fsp3) is 0.250. The molecule has 2 aromatic rings. The highest BCUT2D eigenvalue weighted by Gasteiger charge is 2.08. The molecule has 0 aliphatic carbocycles. The normalized spacial score (nSPS) is 10.3. The molecule has 2 rings (SSSR count). The van der Waals surface area contributed by atoms with Crippen molar-refractivity contribution in [1.29, 1.82) is 0 Å². The minimum absolute atomic E-state index is 0.0568. The number of aryl methyl sites for hydroxylation is 2. The molecule has 1 N–H and O–H groups in total. The van der Waals surface area contributed by atoms with Crippen molar-refractivity contribution in [2.24, 2.45) is 0 Å². The maximum atomic E-state index is 10.4. The third-order valence-electron chi connectivity index (χ3n) is 2.38. The van der Waals surface area contributed by atoms with Gasteiger partial charge in [-0.05, 0) is 12.0 Å². The molecule has 6 heteroatoms. The van der Waals surface area contributed by atoms with Gasteiger partial charge in [0, 0.05) is 17.8 Å². The van der Waals surface area contributed by atoms with Gasteiger partial charge in [0.2, 0.25) is 0 Å². The monoisotopic (exact) mass is 245 g/mol. The maximum Gasteiger partial charge on any atom is 0.309 e. The zero-order chi connectivity index (χ0) is 13.0. The van der Waals surface area contributed by atoms with Gasteiger partial charge >= 0.3 is 5.97 Å². The summed E-state index contributed by atoms with van der Waals surface area (Å²) in [5.74, 6) is -0.835. The van der Waals surface area contributed by atoms with Crippen LogP contribution in [0.5, 0.6) is 0 Å². The first-order valence-corrected chi connectivity index (χ1v) is 5.52. The van der Waals surface area contributed by atoms with Crippen molar-refractivity contribution in [2.75, 3.05) is 0 Å². The second-order valence-corrected chi connectivity index (χ2v) is 3.87. The summed E-state index contributed by atoms with van der Waals surface area (Å²) in [6.45, 7) is 2.23. The van der Waals surface area contributed by atoms with Crippen molar-refractivity contribution in [2.45, 2.75) is 19.9 Å². The number of aromatic nitrogens is 4. The second-order valence-electron chi connectivity index (χ2n) is 3.87. The molecule has 2 heterocycles. The minimum atomic E-state index is -0.835. The number of carboxylic acid groups (broad SMARTS) is 1. The minimum Gasteiger partial charge on any atom is -0.481 e. The summed E-state index contributed by atoms with van der Waals surface area (Å²) in [4.78, 5) is 18.8. The molecule has 0 saturated carbocycles. The number of hydrogen-bond donors (Lipinski definition) is 1. The zero-order valence-electron chi connectivity index (χ0n) is 9.95. The van der Waals surface area contributed by atoms with Crippen molar-refractivity contribution in [1.82, 2.24) is 15.1 Å². The molecule has 18 heavy (non-hydrogen) atoms. The fourth-order valence-corrected chi connectivity index (χ4v) is 1.48. The van der Waals surface area contributed by atoms with E-state index in [1.165, 1.54) is 0 Å². The topological polar surface area (TPSA) is 79.9 Å². The number of nitrogens with zero attached hydrogens (tertiary/aromatic N) is 4. The second kappa shape index (κ2) is 5.31. The lowest BCUT2D eigenvalue weighted by molar-refractivity contribution is -0.752. The van der Waals surface area contributed by atoms with Crippen LogP contribution in [0.1, 0.15) is 12.1 Å². The summed E-state index contributed by atoms with van der Waals surface area (Å²) in [7, 11) is 0. The Balaban J connectivity index is 2.14. The standard InChI is InChI=1S/C12H12N4O2/c1-9-6-13-8-11(15-9)10-2-4-16(14-7-10)5-3-12(17)18/h2,4,6-8H,3,5H2,1H3/p+1. The van der Waals surface area contributed by atoms with Gasteiger partial charge in [-0.1, -0.05) is 4.68 Å². The number of carbonyl (C=O) groups is 1. The van der Waals surface area contributed by atoms with Gasteiger partial charge in [0.15, 0.2) is 12.7 Å². The van der Waals surface area contributed by atoms with Crippen molar-refractivity contribution in [3.63, 3.8) is 0 Å². The predicted molar refractivity (Wildman–Crippen MR) is 62.4 cm³/mol. The molecule has 0 radical (unpaired) electrons. The Morgan fingerprint density at radius 2 is 2.22 bits per heavy atom. The summed E-state index contributed by atoms with van der Waals surface area (Å²) in [5.41, 5.74) is 2.46. The zero-order valence-corrected chi connectivity index (χ0v) is 9.95. The maximum absolute atomic E-state index is 10.4. The third kappa shape index (κ3) is 3.07. The smallest absolute Gasteiger partial charge is 0.309 e. The Hall–Kier alpha value is -2.37. The highest BCUT2D eigenvalue weighted by Crippen LogP contribution is 2.12. The lowest BCUT2D eigenvalue weighted by atomic mass is 10.2. The van der Waals surface area contributed by atoms with Gasteiger partial charge in [-0.15, -0.1) is 0 Å². The molecule has 0 unspecified atom stereocenters. The molecule has 0 amide bonds.